The molecule has 2 atom stereocenters. The number of aromatic nitrogens is 6. The van der Waals surface area contributed by atoms with Crippen LogP contribution in [0.3, 0.4) is 0 Å². The lowest BCUT2D eigenvalue weighted by atomic mass is 9.83. The highest BCUT2D eigenvalue weighted by Crippen LogP contribution is 2.39. The van der Waals surface area contributed by atoms with E-state index in [2.05, 4.69) is 50.3 Å². The maximum atomic E-state index is 13.1. The minimum Gasteiger partial charge on any atom is -0.336 e. The van der Waals surface area contributed by atoms with Crippen LogP contribution in [0.1, 0.15) is 59.3 Å². The molecule has 1 aliphatic heterocycles. The van der Waals surface area contributed by atoms with E-state index in [1.165, 1.54) is 12.8 Å². The highest BCUT2D eigenvalue weighted by Gasteiger charge is 2.41. The Bertz CT molecular complexity index is 1720. The van der Waals surface area contributed by atoms with Gasteiger partial charge in [-0.05, 0) is 63.5 Å². The first-order chi connectivity index (χ1) is 20.8. The molecular weight excluding hydrogens is 568 g/mol. The van der Waals surface area contributed by atoms with Crippen molar-refractivity contribution < 1.29 is 9.32 Å². The van der Waals surface area contributed by atoms with E-state index in [1.54, 1.807) is 12.4 Å². The van der Waals surface area contributed by atoms with Gasteiger partial charge in [-0.25, -0.2) is 14.8 Å². The summed E-state index contributed by atoms with van der Waals surface area (Å²) in [5.74, 6) is 2.19. The van der Waals surface area contributed by atoms with Crippen LogP contribution in [-0.4, -0.2) is 65.6 Å². The molecule has 0 spiro atoms. The number of halogens is 1. The summed E-state index contributed by atoms with van der Waals surface area (Å²) in [7, 11) is 0. The van der Waals surface area contributed by atoms with Crippen molar-refractivity contribution in [2.45, 2.75) is 77.9 Å². The van der Waals surface area contributed by atoms with Gasteiger partial charge in [-0.15, -0.1) is 0 Å². The zero-order valence-corrected chi connectivity index (χ0v) is 25.5. The molecule has 1 N–H and O–H groups in total. The SMILES string of the molecule is CC1CCC(Cn2c(N3CCN(C(=O)C4CC4)C(C)C3C)nc3cc(-c4noc(=O)[nH]4)nc(-c4cncc(Cl)c4)c32)CC1. The van der Waals surface area contributed by atoms with Gasteiger partial charge in [0.15, 0.2) is 0 Å². The molecule has 7 rings (SSSR count). The second-order valence-corrected chi connectivity index (χ2v) is 13.1. The summed E-state index contributed by atoms with van der Waals surface area (Å²) in [6.45, 7) is 8.85. The molecule has 0 aromatic carbocycles. The molecule has 5 heterocycles. The topological polar surface area (TPSA) is 126 Å². The van der Waals surface area contributed by atoms with Crippen LogP contribution in [0, 0.1) is 17.8 Å². The summed E-state index contributed by atoms with van der Waals surface area (Å²) in [6, 6.07) is 3.82. The van der Waals surface area contributed by atoms with E-state index >= 15 is 0 Å². The Labute approximate surface area is 254 Å². The molecule has 4 aromatic rings. The van der Waals surface area contributed by atoms with Gasteiger partial charge < -0.3 is 14.4 Å². The van der Waals surface area contributed by atoms with Crippen molar-refractivity contribution in [1.82, 2.24) is 34.6 Å². The zero-order chi connectivity index (χ0) is 29.8. The summed E-state index contributed by atoms with van der Waals surface area (Å²) in [5, 5.41) is 4.40. The smallest absolute Gasteiger partial charge is 0.336 e. The van der Waals surface area contributed by atoms with Crippen molar-refractivity contribution in [1.29, 1.82) is 0 Å². The molecule has 43 heavy (non-hydrogen) atoms. The van der Waals surface area contributed by atoms with Crippen molar-refractivity contribution in [3.8, 4) is 22.8 Å². The number of hydrogen-bond donors (Lipinski definition) is 1. The van der Waals surface area contributed by atoms with E-state index in [-0.39, 0.29) is 29.7 Å². The molecule has 3 fully saturated rings. The lowest BCUT2D eigenvalue weighted by Gasteiger charge is -2.45. The Hall–Kier alpha value is -3.73. The molecule has 0 bridgehead atoms. The first-order valence-corrected chi connectivity index (χ1v) is 15.8. The van der Waals surface area contributed by atoms with Gasteiger partial charge in [0.25, 0.3) is 0 Å². The summed E-state index contributed by atoms with van der Waals surface area (Å²) in [5.41, 5.74) is 3.48. The van der Waals surface area contributed by atoms with Crippen LogP contribution in [0.4, 0.5) is 5.95 Å². The van der Waals surface area contributed by atoms with Crippen LogP contribution in [0.15, 0.2) is 33.8 Å². The molecule has 2 saturated carbocycles. The highest BCUT2D eigenvalue weighted by molar-refractivity contribution is 6.30. The molecule has 11 nitrogen and oxygen atoms in total. The number of anilines is 1. The Morgan fingerprint density at radius 3 is 2.51 bits per heavy atom. The summed E-state index contributed by atoms with van der Waals surface area (Å²) in [6.07, 6.45) is 10.1. The lowest BCUT2D eigenvalue weighted by molar-refractivity contribution is -0.135. The molecule has 2 unspecified atom stereocenters. The van der Waals surface area contributed by atoms with Gasteiger partial charge in [-0.1, -0.05) is 36.5 Å². The van der Waals surface area contributed by atoms with Crippen LogP contribution in [0.25, 0.3) is 33.8 Å². The molecule has 1 saturated heterocycles. The van der Waals surface area contributed by atoms with Crippen molar-refractivity contribution in [3.63, 3.8) is 0 Å². The monoisotopic (exact) mass is 604 g/mol. The number of pyridine rings is 2. The summed E-state index contributed by atoms with van der Waals surface area (Å²) < 4.78 is 7.13. The highest BCUT2D eigenvalue weighted by atomic mass is 35.5. The third-order valence-electron chi connectivity index (χ3n) is 9.67. The maximum Gasteiger partial charge on any atom is 0.439 e. The number of hydrogen-bond acceptors (Lipinski definition) is 8. The minimum absolute atomic E-state index is 0.0520. The number of imidazole rings is 1. The quantitative estimate of drug-likeness (QED) is 0.320. The number of carbonyl (C=O) groups is 1. The number of rotatable bonds is 6. The second kappa shape index (κ2) is 11.1. The number of piperazine rings is 1. The number of H-pyrrole nitrogens is 1. The van der Waals surface area contributed by atoms with E-state index in [0.717, 1.165) is 60.7 Å². The fourth-order valence-corrected chi connectivity index (χ4v) is 6.99. The fourth-order valence-electron chi connectivity index (χ4n) is 6.81. The summed E-state index contributed by atoms with van der Waals surface area (Å²) >= 11 is 6.42. The minimum atomic E-state index is -0.651. The molecule has 12 heteroatoms. The normalized spacial score (nSPS) is 24.6. The van der Waals surface area contributed by atoms with E-state index < -0.39 is 5.76 Å². The number of nitrogens with zero attached hydrogens (tertiary/aromatic N) is 7. The summed E-state index contributed by atoms with van der Waals surface area (Å²) in [4.78, 5) is 46.6. The van der Waals surface area contributed by atoms with Gasteiger partial charge >= 0.3 is 5.76 Å². The Morgan fingerprint density at radius 1 is 1.02 bits per heavy atom. The molecule has 3 aliphatic rings. The van der Waals surface area contributed by atoms with Gasteiger partial charge in [-0.2, -0.15) is 0 Å². The molecular formula is C31H37ClN8O3. The predicted octanol–water partition coefficient (Wildman–Crippen LogP) is 5.15. The molecule has 4 aromatic heterocycles. The first-order valence-electron chi connectivity index (χ1n) is 15.4. The number of nitrogens with one attached hydrogen (secondary N) is 1. The average Bonchev–Trinajstić information content (AvgIpc) is 3.67. The van der Waals surface area contributed by atoms with Crippen LogP contribution in [0.2, 0.25) is 5.02 Å². The largest absolute Gasteiger partial charge is 0.439 e. The standard InChI is InChI=1S/C31H37ClN8O3/c1-17-4-6-20(7-5-17)16-40-27-24(35-30(40)39-11-10-38(18(2)19(39)3)29(41)21-8-9-21)13-25(28-36-31(42)43-37-28)34-26(27)22-12-23(32)15-33-14-22/h12-15,17-21H,4-11,16H2,1-3H3,(H,36,37,42). The molecule has 0 radical (unpaired) electrons. The van der Waals surface area contributed by atoms with Gasteiger partial charge in [0.1, 0.15) is 5.69 Å². The van der Waals surface area contributed by atoms with Crippen LogP contribution >= 0.6 is 11.6 Å². The number of carbonyl (C=O) groups excluding carboxylic acids is 1. The van der Waals surface area contributed by atoms with Gasteiger partial charge in [-0.3, -0.25) is 19.3 Å². The number of aromatic amines is 1. The number of amides is 1. The zero-order valence-electron chi connectivity index (χ0n) is 24.8. The van der Waals surface area contributed by atoms with Crippen LogP contribution < -0.4 is 10.7 Å². The van der Waals surface area contributed by atoms with E-state index in [1.807, 2.05) is 12.1 Å². The fraction of sp³-hybridized carbons (Fsp3) is 0.548. The average molecular weight is 605 g/mol. The van der Waals surface area contributed by atoms with Crippen LogP contribution in [0.5, 0.6) is 0 Å². The Morgan fingerprint density at radius 2 is 1.81 bits per heavy atom. The van der Waals surface area contributed by atoms with Crippen LogP contribution in [-0.2, 0) is 11.3 Å². The van der Waals surface area contributed by atoms with Gasteiger partial charge in [0, 0.05) is 55.6 Å². The maximum absolute atomic E-state index is 13.1. The third kappa shape index (κ3) is 5.32. The van der Waals surface area contributed by atoms with Crippen molar-refractivity contribution in [2.24, 2.45) is 17.8 Å². The second-order valence-electron chi connectivity index (χ2n) is 12.7. The molecule has 2 aliphatic carbocycles. The van der Waals surface area contributed by atoms with Gasteiger partial charge in [0.2, 0.25) is 17.7 Å². The van der Waals surface area contributed by atoms with E-state index in [4.69, 9.17) is 26.1 Å². The van der Waals surface area contributed by atoms with Crippen molar-refractivity contribution in [2.75, 3.05) is 18.0 Å². The predicted molar refractivity (Wildman–Crippen MR) is 164 cm³/mol. The van der Waals surface area contributed by atoms with E-state index in [9.17, 15) is 9.59 Å². The first kappa shape index (κ1) is 28.1. The van der Waals surface area contributed by atoms with Gasteiger partial charge in [0.05, 0.1) is 21.7 Å². The Kier molecular flexibility index (Phi) is 7.23. The third-order valence-corrected chi connectivity index (χ3v) is 9.88. The van der Waals surface area contributed by atoms with Crippen molar-refractivity contribution >= 4 is 34.5 Å². The lowest BCUT2D eigenvalue weighted by Crippen LogP contribution is -2.60. The van der Waals surface area contributed by atoms with E-state index in [0.29, 0.717) is 35.4 Å². The van der Waals surface area contributed by atoms with Crippen molar-refractivity contribution in [3.05, 3.63) is 40.1 Å². The Balaban J connectivity index is 1.38. The number of fused-ring (bicyclic) bond motifs is 1. The molecule has 226 valence electrons. The molecule has 1 amide bonds.